The molecule has 3 rings (SSSR count). The number of amides is 1. The van der Waals surface area contributed by atoms with Gasteiger partial charge in [-0.2, -0.15) is 4.31 Å². The molecule has 156 valence electrons. The Morgan fingerprint density at radius 2 is 1.72 bits per heavy atom. The van der Waals surface area contributed by atoms with Gasteiger partial charge < -0.3 is 5.32 Å². The molecule has 1 N–H and O–H groups in total. The maximum atomic E-state index is 13.2. The lowest BCUT2D eigenvalue weighted by molar-refractivity contribution is -0.116. The predicted molar refractivity (Wildman–Crippen MR) is 107 cm³/mol. The van der Waals surface area contributed by atoms with E-state index in [1.54, 1.807) is 24.3 Å². The van der Waals surface area contributed by atoms with Crippen LogP contribution in [0.15, 0.2) is 47.4 Å². The highest BCUT2D eigenvalue weighted by Gasteiger charge is 2.29. The molecule has 0 aliphatic carbocycles. The molecule has 8 heteroatoms. The molecule has 0 radical (unpaired) electrons. The van der Waals surface area contributed by atoms with E-state index in [0.717, 1.165) is 17.7 Å². The molecule has 0 spiro atoms. The fourth-order valence-corrected chi connectivity index (χ4v) is 4.90. The van der Waals surface area contributed by atoms with Crippen molar-refractivity contribution in [1.29, 1.82) is 0 Å². The molecule has 1 saturated heterocycles. The summed E-state index contributed by atoms with van der Waals surface area (Å²) >= 11 is 0. The second-order valence-electron chi connectivity index (χ2n) is 7.38. The second kappa shape index (κ2) is 9.00. The van der Waals surface area contributed by atoms with Crippen molar-refractivity contribution in [1.82, 2.24) is 4.31 Å². The first-order valence-electron chi connectivity index (χ1n) is 9.57. The van der Waals surface area contributed by atoms with Gasteiger partial charge in [-0.15, -0.1) is 0 Å². The van der Waals surface area contributed by atoms with Gasteiger partial charge in [-0.1, -0.05) is 17.7 Å². The van der Waals surface area contributed by atoms with Crippen LogP contribution in [0.5, 0.6) is 0 Å². The van der Waals surface area contributed by atoms with Gasteiger partial charge >= 0.3 is 0 Å². The van der Waals surface area contributed by atoms with Crippen LogP contribution < -0.4 is 5.32 Å². The molecule has 29 heavy (non-hydrogen) atoms. The zero-order valence-electron chi connectivity index (χ0n) is 16.2. The molecule has 5 nitrogen and oxygen atoms in total. The zero-order valence-corrected chi connectivity index (χ0v) is 17.0. The van der Waals surface area contributed by atoms with Gasteiger partial charge in [0, 0.05) is 31.3 Å². The minimum absolute atomic E-state index is 0.216. The van der Waals surface area contributed by atoms with E-state index >= 15 is 0 Å². The third-order valence-electron chi connectivity index (χ3n) is 5.22. The fraction of sp³-hybridized carbons (Fsp3) is 0.381. The number of nitrogens with zero attached hydrogens (tertiary/aromatic N) is 1. The van der Waals surface area contributed by atoms with Gasteiger partial charge in [0.1, 0.15) is 0 Å². The predicted octanol–water partition coefficient (Wildman–Crippen LogP) is 4.09. The van der Waals surface area contributed by atoms with Crippen LogP contribution in [-0.2, 0) is 14.8 Å². The summed E-state index contributed by atoms with van der Waals surface area (Å²) in [7, 11) is -3.49. The van der Waals surface area contributed by atoms with Gasteiger partial charge in [0.15, 0.2) is 11.6 Å². The Labute approximate surface area is 169 Å². The highest BCUT2D eigenvalue weighted by atomic mass is 32.2. The van der Waals surface area contributed by atoms with Crippen LogP contribution in [0.25, 0.3) is 0 Å². The summed E-state index contributed by atoms with van der Waals surface area (Å²) in [6, 6.07) is 10.0. The van der Waals surface area contributed by atoms with Crippen LogP contribution >= 0.6 is 0 Å². The number of carbonyl (C=O) groups is 1. The standard InChI is InChI=1S/C21H24F2N2O3S/c1-15-2-6-18(7-3-15)29(27,28)25-12-10-16(11-13-25)4-9-21(26)24-17-5-8-19(22)20(23)14-17/h2-3,5-8,14,16H,4,9-13H2,1H3,(H,24,26). The summed E-state index contributed by atoms with van der Waals surface area (Å²) in [6.07, 6.45) is 2.23. The molecule has 0 aromatic heterocycles. The Balaban J connectivity index is 1.47. The van der Waals surface area contributed by atoms with Gasteiger partial charge in [0.25, 0.3) is 0 Å². The monoisotopic (exact) mass is 422 g/mol. The highest BCUT2D eigenvalue weighted by molar-refractivity contribution is 7.89. The molecule has 2 aromatic rings. The third-order valence-corrected chi connectivity index (χ3v) is 7.13. The Hall–Kier alpha value is -2.32. The molecular weight excluding hydrogens is 398 g/mol. The summed E-state index contributed by atoms with van der Waals surface area (Å²) in [4.78, 5) is 12.4. The van der Waals surface area contributed by atoms with E-state index in [0.29, 0.717) is 37.2 Å². The van der Waals surface area contributed by atoms with Crippen molar-refractivity contribution >= 4 is 21.6 Å². The fourth-order valence-electron chi connectivity index (χ4n) is 3.43. The van der Waals surface area contributed by atoms with Crippen molar-refractivity contribution in [2.45, 2.75) is 37.5 Å². The van der Waals surface area contributed by atoms with Crippen LogP contribution in [0, 0.1) is 24.5 Å². The first-order valence-corrected chi connectivity index (χ1v) is 11.0. The van der Waals surface area contributed by atoms with Crippen LogP contribution in [0.2, 0.25) is 0 Å². The summed E-state index contributed by atoms with van der Waals surface area (Å²) in [6.45, 7) is 2.75. The number of sulfonamides is 1. The molecule has 0 saturated carbocycles. The van der Waals surface area contributed by atoms with Crippen molar-refractivity contribution in [3.8, 4) is 0 Å². The Morgan fingerprint density at radius 3 is 2.34 bits per heavy atom. The highest BCUT2D eigenvalue weighted by Crippen LogP contribution is 2.27. The first kappa shape index (κ1) is 21.4. The first-order chi connectivity index (χ1) is 13.8. The zero-order chi connectivity index (χ0) is 21.0. The Morgan fingerprint density at radius 1 is 1.07 bits per heavy atom. The number of halogens is 2. The molecule has 0 unspecified atom stereocenters. The van der Waals surface area contributed by atoms with Crippen molar-refractivity contribution in [3.05, 3.63) is 59.7 Å². The molecular formula is C21H24F2N2O3S. The van der Waals surface area contributed by atoms with Gasteiger partial charge in [0.05, 0.1) is 4.90 Å². The van der Waals surface area contributed by atoms with E-state index < -0.39 is 21.7 Å². The van der Waals surface area contributed by atoms with Gasteiger partial charge in [0.2, 0.25) is 15.9 Å². The van der Waals surface area contributed by atoms with Crippen LogP contribution in [0.3, 0.4) is 0 Å². The molecule has 1 heterocycles. The van der Waals surface area contributed by atoms with Crippen molar-refractivity contribution in [2.24, 2.45) is 5.92 Å². The van der Waals surface area contributed by atoms with E-state index in [4.69, 9.17) is 0 Å². The average molecular weight is 422 g/mol. The van der Waals surface area contributed by atoms with E-state index in [-0.39, 0.29) is 23.9 Å². The number of anilines is 1. The summed E-state index contributed by atoms with van der Waals surface area (Å²) < 4.78 is 53.1. The molecule has 2 aromatic carbocycles. The number of nitrogens with one attached hydrogen (secondary N) is 1. The summed E-state index contributed by atoms with van der Waals surface area (Å²) in [5, 5.41) is 2.56. The lowest BCUT2D eigenvalue weighted by atomic mass is 9.93. The number of hydrogen-bond acceptors (Lipinski definition) is 3. The summed E-state index contributed by atoms with van der Waals surface area (Å²) in [5.74, 6) is -2.00. The minimum Gasteiger partial charge on any atom is -0.326 e. The molecule has 1 aliphatic rings. The number of benzene rings is 2. The van der Waals surface area contributed by atoms with E-state index in [2.05, 4.69) is 5.32 Å². The largest absolute Gasteiger partial charge is 0.326 e. The number of carbonyl (C=O) groups excluding carboxylic acids is 1. The quantitative estimate of drug-likeness (QED) is 0.762. The number of hydrogen-bond donors (Lipinski definition) is 1. The third kappa shape index (κ3) is 5.39. The van der Waals surface area contributed by atoms with Crippen molar-refractivity contribution in [3.63, 3.8) is 0 Å². The molecule has 1 fully saturated rings. The molecule has 1 aliphatic heterocycles. The maximum Gasteiger partial charge on any atom is 0.243 e. The van der Waals surface area contributed by atoms with Crippen LogP contribution in [0.1, 0.15) is 31.2 Å². The van der Waals surface area contributed by atoms with Crippen LogP contribution in [0.4, 0.5) is 14.5 Å². The second-order valence-corrected chi connectivity index (χ2v) is 9.31. The van der Waals surface area contributed by atoms with Gasteiger partial charge in [-0.05, 0) is 56.4 Å². The van der Waals surface area contributed by atoms with Gasteiger partial charge in [-0.25, -0.2) is 17.2 Å². The number of rotatable bonds is 6. The lowest BCUT2D eigenvalue weighted by Crippen LogP contribution is -2.38. The van der Waals surface area contributed by atoms with Crippen molar-refractivity contribution in [2.75, 3.05) is 18.4 Å². The maximum absolute atomic E-state index is 13.2. The smallest absolute Gasteiger partial charge is 0.243 e. The minimum atomic E-state index is -3.49. The molecule has 0 atom stereocenters. The van der Waals surface area contributed by atoms with E-state index in [1.165, 1.54) is 10.4 Å². The van der Waals surface area contributed by atoms with E-state index in [1.807, 2.05) is 6.92 Å². The average Bonchev–Trinajstić information content (AvgIpc) is 2.70. The lowest BCUT2D eigenvalue weighted by Gasteiger charge is -2.31. The summed E-state index contributed by atoms with van der Waals surface area (Å²) in [5.41, 5.74) is 1.22. The van der Waals surface area contributed by atoms with Crippen molar-refractivity contribution < 1.29 is 22.0 Å². The molecule has 1 amide bonds. The topological polar surface area (TPSA) is 66.5 Å². The Bertz CT molecular complexity index is 970. The normalized spacial score (nSPS) is 16.0. The van der Waals surface area contributed by atoms with Gasteiger partial charge in [-0.3, -0.25) is 4.79 Å². The number of aryl methyl sites for hydroxylation is 1. The van der Waals surface area contributed by atoms with Crippen LogP contribution in [-0.4, -0.2) is 31.7 Å². The molecule has 0 bridgehead atoms. The van der Waals surface area contributed by atoms with E-state index in [9.17, 15) is 22.0 Å². The SMILES string of the molecule is Cc1ccc(S(=O)(=O)N2CCC(CCC(=O)Nc3ccc(F)c(F)c3)CC2)cc1. The number of piperidine rings is 1. The Kier molecular flexibility index (Phi) is 6.64.